The number of piperidine rings is 1. The van der Waals surface area contributed by atoms with Crippen molar-refractivity contribution in [1.29, 1.82) is 0 Å². The van der Waals surface area contributed by atoms with Crippen molar-refractivity contribution in [3.8, 4) is 0 Å². The van der Waals surface area contributed by atoms with Crippen LogP contribution in [0, 0.1) is 5.92 Å². The number of likely N-dealkylation sites (tertiary alicyclic amines) is 1. The topological polar surface area (TPSA) is 87.5 Å². The van der Waals surface area contributed by atoms with Crippen molar-refractivity contribution >= 4 is 11.8 Å². The first-order valence-corrected chi connectivity index (χ1v) is 7.52. The van der Waals surface area contributed by atoms with E-state index >= 15 is 0 Å². The quantitative estimate of drug-likeness (QED) is 0.560. The van der Waals surface area contributed by atoms with E-state index in [0.717, 1.165) is 25.3 Å². The van der Waals surface area contributed by atoms with E-state index in [1.165, 1.54) is 13.3 Å². The average Bonchev–Trinajstić information content (AvgIpc) is 2.43. The summed E-state index contributed by atoms with van der Waals surface area (Å²) >= 11 is 0. The lowest BCUT2D eigenvalue weighted by molar-refractivity contribution is -0.124. The molecule has 1 rings (SSSR count). The third-order valence-electron chi connectivity index (χ3n) is 3.96. The number of hydrogen-bond acceptors (Lipinski definition) is 4. The lowest BCUT2D eigenvalue weighted by atomic mass is 9.89. The monoisotopic (exact) mass is 284 g/mol. The molecule has 4 N–H and O–H groups in total. The zero-order valence-electron chi connectivity index (χ0n) is 12.7. The van der Waals surface area contributed by atoms with Gasteiger partial charge in [0.05, 0.1) is 6.54 Å². The van der Waals surface area contributed by atoms with Gasteiger partial charge in [-0.25, -0.2) is 0 Å². The summed E-state index contributed by atoms with van der Waals surface area (Å²) in [4.78, 5) is 24.7. The van der Waals surface area contributed by atoms with Gasteiger partial charge in [0, 0.05) is 32.6 Å². The molecule has 0 saturated carbocycles. The first-order chi connectivity index (χ1) is 9.56. The number of carbonyl (C=O) groups excluding carboxylic acids is 2. The third kappa shape index (κ3) is 5.88. The van der Waals surface area contributed by atoms with E-state index in [9.17, 15) is 9.59 Å². The van der Waals surface area contributed by atoms with Crippen molar-refractivity contribution in [2.75, 3.05) is 32.7 Å². The van der Waals surface area contributed by atoms with Crippen molar-refractivity contribution < 1.29 is 9.59 Å². The van der Waals surface area contributed by atoms with Crippen LogP contribution in [0.4, 0.5) is 0 Å². The summed E-state index contributed by atoms with van der Waals surface area (Å²) in [5, 5.41) is 5.47. The minimum absolute atomic E-state index is 0.00347. The fraction of sp³-hybridized carbons (Fsp3) is 0.857. The van der Waals surface area contributed by atoms with Crippen molar-refractivity contribution in [3.63, 3.8) is 0 Å². The SMILES string of the molecule is CCC1CCN(CC(=O)NCCNC(C)=O)C(CN)C1. The Labute approximate surface area is 121 Å². The molecular weight excluding hydrogens is 256 g/mol. The van der Waals surface area contributed by atoms with E-state index in [4.69, 9.17) is 5.73 Å². The molecule has 0 aliphatic carbocycles. The van der Waals surface area contributed by atoms with Crippen LogP contribution in [-0.2, 0) is 9.59 Å². The zero-order valence-corrected chi connectivity index (χ0v) is 12.7. The Morgan fingerprint density at radius 1 is 1.30 bits per heavy atom. The molecule has 0 aromatic rings. The second kappa shape index (κ2) is 8.92. The first-order valence-electron chi connectivity index (χ1n) is 7.52. The Hall–Kier alpha value is -1.14. The van der Waals surface area contributed by atoms with E-state index in [1.54, 1.807) is 0 Å². The van der Waals surface area contributed by atoms with Gasteiger partial charge >= 0.3 is 0 Å². The highest BCUT2D eigenvalue weighted by molar-refractivity contribution is 5.78. The van der Waals surface area contributed by atoms with Crippen LogP contribution in [0.2, 0.25) is 0 Å². The van der Waals surface area contributed by atoms with Crippen LogP contribution >= 0.6 is 0 Å². The van der Waals surface area contributed by atoms with Gasteiger partial charge in [-0.1, -0.05) is 13.3 Å². The maximum absolute atomic E-state index is 11.9. The van der Waals surface area contributed by atoms with Crippen LogP contribution in [0.5, 0.6) is 0 Å². The minimum atomic E-state index is -0.0796. The minimum Gasteiger partial charge on any atom is -0.355 e. The number of nitrogens with two attached hydrogens (primary N) is 1. The molecule has 6 nitrogen and oxygen atoms in total. The van der Waals surface area contributed by atoms with E-state index < -0.39 is 0 Å². The largest absolute Gasteiger partial charge is 0.355 e. The van der Waals surface area contributed by atoms with Gasteiger partial charge in [0.2, 0.25) is 11.8 Å². The fourth-order valence-electron chi connectivity index (χ4n) is 2.69. The second-order valence-electron chi connectivity index (χ2n) is 5.49. The molecule has 1 fully saturated rings. The normalized spacial score (nSPS) is 23.4. The van der Waals surface area contributed by atoms with Crippen LogP contribution in [0.3, 0.4) is 0 Å². The van der Waals surface area contributed by atoms with Crippen molar-refractivity contribution in [2.45, 2.75) is 39.2 Å². The molecule has 1 heterocycles. The van der Waals surface area contributed by atoms with Gasteiger partial charge in [-0.2, -0.15) is 0 Å². The van der Waals surface area contributed by atoms with Crippen LogP contribution in [-0.4, -0.2) is 55.5 Å². The lowest BCUT2D eigenvalue weighted by Crippen LogP contribution is -2.50. The number of nitrogens with zero attached hydrogens (tertiary/aromatic N) is 1. The number of amides is 2. The van der Waals surface area contributed by atoms with Crippen molar-refractivity contribution in [2.24, 2.45) is 11.7 Å². The van der Waals surface area contributed by atoms with E-state index in [-0.39, 0.29) is 11.8 Å². The Morgan fingerprint density at radius 2 is 2.00 bits per heavy atom. The van der Waals surface area contributed by atoms with Crippen LogP contribution < -0.4 is 16.4 Å². The predicted octanol–water partition coefficient (Wildman–Crippen LogP) is -0.312. The maximum Gasteiger partial charge on any atom is 0.234 e. The lowest BCUT2D eigenvalue weighted by Gasteiger charge is -2.38. The Kier molecular flexibility index (Phi) is 7.54. The Morgan fingerprint density at radius 3 is 2.60 bits per heavy atom. The van der Waals surface area contributed by atoms with Gasteiger partial charge in [-0.15, -0.1) is 0 Å². The summed E-state index contributed by atoms with van der Waals surface area (Å²) in [5.41, 5.74) is 5.82. The molecule has 1 aliphatic heterocycles. The van der Waals surface area contributed by atoms with Gasteiger partial charge in [0.1, 0.15) is 0 Å². The number of nitrogens with one attached hydrogen (secondary N) is 2. The standard InChI is InChI=1S/C14H28N4O2/c1-3-12-4-7-18(13(8-12)9-15)10-14(20)17-6-5-16-11(2)19/h12-13H,3-10,15H2,1-2H3,(H,16,19)(H,17,20). The van der Waals surface area contributed by atoms with Crippen LogP contribution in [0.1, 0.15) is 33.1 Å². The zero-order chi connectivity index (χ0) is 15.0. The molecule has 6 heteroatoms. The summed E-state index contributed by atoms with van der Waals surface area (Å²) in [6.45, 7) is 6.57. The first kappa shape index (κ1) is 16.9. The molecule has 1 aliphatic rings. The van der Waals surface area contributed by atoms with Gasteiger partial charge in [0.25, 0.3) is 0 Å². The van der Waals surface area contributed by atoms with Gasteiger partial charge in [-0.3, -0.25) is 14.5 Å². The van der Waals surface area contributed by atoms with E-state index in [2.05, 4.69) is 22.5 Å². The molecular formula is C14H28N4O2. The average molecular weight is 284 g/mol. The van der Waals surface area contributed by atoms with Gasteiger partial charge < -0.3 is 16.4 Å². The highest BCUT2D eigenvalue weighted by Gasteiger charge is 2.27. The van der Waals surface area contributed by atoms with E-state index in [0.29, 0.717) is 32.2 Å². The Balaban J connectivity index is 2.28. The number of hydrogen-bond donors (Lipinski definition) is 3. The van der Waals surface area contributed by atoms with Crippen LogP contribution in [0.15, 0.2) is 0 Å². The molecule has 2 unspecified atom stereocenters. The molecule has 0 aromatic carbocycles. The van der Waals surface area contributed by atoms with Crippen LogP contribution in [0.25, 0.3) is 0 Å². The highest BCUT2D eigenvalue weighted by atomic mass is 16.2. The highest BCUT2D eigenvalue weighted by Crippen LogP contribution is 2.24. The molecule has 2 atom stereocenters. The molecule has 0 radical (unpaired) electrons. The van der Waals surface area contributed by atoms with Gasteiger partial charge in [0.15, 0.2) is 0 Å². The number of rotatable bonds is 7. The molecule has 1 saturated heterocycles. The van der Waals surface area contributed by atoms with Gasteiger partial charge in [-0.05, 0) is 25.3 Å². The summed E-state index contributed by atoms with van der Waals surface area (Å²) in [5.74, 6) is 0.662. The molecule has 116 valence electrons. The van der Waals surface area contributed by atoms with Crippen molar-refractivity contribution in [3.05, 3.63) is 0 Å². The molecule has 0 spiro atoms. The summed E-state index contributed by atoms with van der Waals surface area (Å²) in [6.07, 6.45) is 3.42. The smallest absolute Gasteiger partial charge is 0.234 e. The summed E-state index contributed by atoms with van der Waals surface area (Å²) in [6, 6.07) is 0.315. The predicted molar refractivity (Wildman–Crippen MR) is 79.1 cm³/mol. The molecule has 0 aromatic heterocycles. The number of carbonyl (C=O) groups is 2. The molecule has 20 heavy (non-hydrogen) atoms. The van der Waals surface area contributed by atoms with Crippen molar-refractivity contribution in [1.82, 2.24) is 15.5 Å². The molecule has 0 bridgehead atoms. The summed E-state index contributed by atoms with van der Waals surface area (Å²) in [7, 11) is 0. The maximum atomic E-state index is 11.9. The summed E-state index contributed by atoms with van der Waals surface area (Å²) < 4.78 is 0. The molecule has 2 amide bonds. The van der Waals surface area contributed by atoms with E-state index in [1.807, 2.05) is 0 Å². The Bertz CT molecular complexity index is 322. The second-order valence-corrected chi connectivity index (χ2v) is 5.49. The third-order valence-corrected chi connectivity index (χ3v) is 3.96. The fourth-order valence-corrected chi connectivity index (χ4v) is 2.69.